The number of amides is 1. The zero-order valence-corrected chi connectivity index (χ0v) is 9.27. The van der Waals surface area contributed by atoms with E-state index >= 15 is 0 Å². The highest BCUT2D eigenvalue weighted by Gasteiger charge is 2.23. The van der Waals surface area contributed by atoms with Gasteiger partial charge in [-0.05, 0) is 24.1 Å². The number of rotatable bonds is 2. The molecule has 1 aromatic rings. The van der Waals surface area contributed by atoms with Gasteiger partial charge < -0.3 is 4.90 Å². The van der Waals surface area contributed by atoms with Crippen molar-refractivity contribution in [2.24, 2.45) is 0 Å². The van der Waals surface area contributed by atoms with E-state index in [-0.39, 0.29) is 18.1 Å². The summed E-state index contributed by atoms with van der Waals surface area (Å²) < 4.78 is 0. The Balaban J connectivity index is 2.08. The van der Waals surface area contributed by atoms with Crippen LogP contribution in [0.3, 0.4) is 0 Å². The second-order valence-corrected chi connectivity index (χ2v) is 4.08. The molecule has 1 amide bonds. The van der Waals surface area contributed by atoms with Crippen molar-refractivity contribution in [1.82, 2.24) is 9.88 Å². The first-order valence-corrected chi connectivity index (χ1v) is 5.36. The molecule has 0 atom stereocenters. The lowest BCUT2D eigenvalue weighted by molar-refractivity contribution is -0.139. The number of likely N-dealkylation sites (tertiary alicyclic amines) is 1. The number of nitrogens with zero attached hydrogens (tertiary/aromatic N) is 2. The van der Waals surface area contributed by atoms with Crippen LogP contribution >= 0.6 is 0 Å². The number of aromatic nitrogens is 1. The van der Waals surface area contributed by atoms with Crippen LogP contribution in [0.15, 0.2) is 18.5 Å². The van der Waals surface area contributed by atoms with E-state index in [1.165, 1.54) is 0 Å². The summed E-state index contributed by atoms with van der Waals surface area (Å²) in [6.45, 7) is 3.09. The molecule has 1 aromatic heterocycles. The van der Waals surface area contributed by atoms with Gasteiger partial charge >= 0.3 is 0 Å². The van der Waals surface area contributed by atoms with Crippen molar-refractivity contribution in [2.45, 2.75) is 26.3 Å². The Bertz CT molecular complexity index is 429. The number of carbonyl (C=O) groups is 2. The zero-order chi connectivity index (χ0) is 11.5. The van der Waals surface area contributed by atoms with Gasteiger partial charge in [0.2, 0.25) is 5.91 Å². The van der Waals surface area contributed by atoms with E-state index in [0.29, 0.717) is 19.5 Å². The van der Waals surface area contributed by atoms with Gasteiger partial charge in [0.1, 0.15) is 5.78 Å². The minimum Gasteiger partial charge on any atom is -0.337 e. The minimum absolute atomic E-state index is 0.0455. The molecule has 1 aliphatic rings. The summed E-state index contributed by atoms with van der Waals surface area (Å²) in [6, 6.07) is 1.93. The monoisotopic (exact) mass is 218 g/mol. The number of ketones is 1. The van der Waals surface area contributed by atoms with E-state index in [2.05, 4.69) is 4.98 Å². The molecule has 0 unspecified atom stereocenters. The van der Waals surface area contributed by atoms with E-state index in [4.69, 9.17) is 0 Å². The second kappa shape index (κ2) is 4.43. The predicted octanol–water partition coefficient (Wildman–Crippen LogP) is 1.08. The molecule has 2 rings (SSSR count). The van der Waals surface area contributed by atoms with Gasteiger partial charge in [0.15, 0.2) is 0 Å². The average Bonchev–Trinajstić information content (AvgIpc) is 2.25. The summed E-state index contributed by atoms with van der Waals surface area (Å²) >= 11 is 0. The standard InChI is InChI=1S/C12H14N2O2/c1-9-2-4-13-7-10(9)8-14-5-3-11(15)6-12(14)16/h2,4,7H,3,5-6,8H2,1H3. The lowest BCUT2D eigenvalue weighted by Crippen LogP contribution is -2.38. The first-order chi connectivity index (χ1) is 7.66. The molecule has 2 heterocycles. The van der Waals surface area contributed by atoms with Gasteiger partial charge in [-0.15, -0.1) is 0 Å². The maximum absolute atomic E-state index is 11.6. The molecule has 1 saturated heterocycles. The lowest BCUT2D eigenvalue weighted by atomic mass is 10.1. The van der Waals surface area contributed by atoms with E-state index in [0.717, 1.165) is 11.1 Å². The molecule has 84 valence electrons. The van der Waals surface area contributed by atoms with Gasteiger partial charge in [0.05, 0.1) is 6.42 Å². The number of Topliss-reactive ketones (excluding diaryl/α,β-unsaturated/α-hetero) is 1. The highest BCUT2D eigenvalue weighted by molar-refractivity contribution is 6.00. The molecule has 0 radical (unpaired) electrons. The summed E-state index contributed by atoms with van der Waals surface area (Å²) in [7, 11) is 0. The van der Waals surface area contributed by atoms with Gasteiger partial charge in [-0.1, -0.05) is 0 Å². The summed E-state index contributed by atoms with van der Waals surface area (Å²) in [6.07, 6.45) is 4.05. The van der Waals surface area contributed by atoms with Gasteiger partial charge in [-0.25, -0.2) is 0 Å². The molecular weight excluding hydrogens is 204 g/mol. The minimum atomic E-state index is -0.0699. The fraction of sp³-hybridized carbons (Fsp3) is 0.417. The Morgan fingerprint density at radius 1 is 1.44 bits per heavy atom. The Hall–Kier alpha value is -1.71. The molecule has 4 heteroatoms. The highest BCUT2D eigenvalue weighted by Crippen LogP contribution is 2.14. The van der Waals surface area contributed by atoms with Crippen LogP contribution in [0.4, 0.5) is 0 Å². The fourth-order valence-electron chi connectivity index (χ4n) is 1.79. The number of aryl methyl sites for hydroxylation is 1. The van der Waals surface area contributed by atoms with E-state index < -0.39 is 0 Å². The third-order valence-electron chi connectivity index (χ3n) is 2.87. The normalized spacial score (nSPS) is 16.7. The zero-order valence-electron chi connectivity index (χ0n) is 9.27. The van der Waals surface area contributed by atoms with Crippen molar-refractivity contribution in [1.29, 1.82) is 0 Å². The third kappa shape index (κ3) is 2.27. The molecule has 16 heavy (non-hydrogen) atoms. The molecule has 4 nitrogen and oxygen atoms in total. The molecule has 0 aliphatic carbocycles. The molecule has 0 N–H and O–H groups in total. The van der Waals surface area contributed by atoms with Crippen LogP contribution in [-0.2, 0) is 16.1 Å². The quantitative estimate of drug-likeness (QED) is 0.698. The number of hydrogen-bond donors (Lipinski definition) is 0. The number of pyridine rings is 1. The Morgan fingerprint density at radius 2 is 2.25 bits per heavy atom. The molecule has 0 bridgehead atoms. The smallest absolute Gasteiger partial charge is 0.230 e. The van der Waals surface area contributed by atoms with E-state index in [1.807, 2.05) is 13.0 Å². The van der Waals surface area contributed by atoms with Crippen LogP contribution in [0, 0.1) is 6.92 Å². The Morgan fingerprint density at radius 3 is 2.94 bits per heavy atom. The molecule has 0 saturated carbocycles. The molecule has 1 fully saturated rings. The first kappa shape index (κ1) is 10.8. The van der Waals surface area contributed by atoms with Crippen LogP contribution in [0.5, 0.6) is 0 Å². The summed E-state index contributed by atoms with van der Waals surface area (Å²) in [4.78, 5) is 28.5. The Labute approximate surface area is 94.3 Å². The summed E-state index contributed by atoms with van der Waals surface area (Å²) in [5.41, 5.74) is 2.17. The number of carbonyl (C=O) groups excluding carboxylic acids is 2. The third-order valence-corrected chi connectivity index (χ3v) is 2.87. The van der Waals surface area contributed by atoms with Crippen molar-refractivity contribution in [3.05, 3.63) is 29.6 Å². The largest absolute Gasteiger partial charge is 0.337 e. The average molecular weight is 218 g/mol. The van der Waals surface area contributed by atoms with Crippen molar-refractivity contribution in [2.75, 3.05) is 6.54 Å². The predicted molar refractivity (Wildman–Crippen MR) is 58.6 cm³/mol. The van der Waals surface area contributed by atoms with E-state index in [1.54, 1.807) is 17.3 Å². The van der Waals surface area contributed by atoms with Crippen LogP contribution in [0.2, 0.25) is 0 Å². The van der Waals surface area contributed by atoms with Crippen LogP contribution in [0.25, 0.3) is 0 Å². The van der Waals surface area contributed by atoms with Crippen molar-refractivity contribution in [3.63, 3.8) is 0 Å². The van der Waals surface area contributed by atoms with Gasteiger partial charge in [0.25, 0.3) is 0 Å². The molecular formula is C12H14N2O2. The fourth-order valence-corrected chi connectivity index (χ4v) is 1.79. The van der Waals surface area contributed by atoms with Gasteiger partial charge in [-0.3, -0.25) is 14.6 Å². The lowest BCUT2D eigenvalue weighted by Gasteiger charge is -2.26. The maximum atomic E-state index is 11.6. The molecule has 0 spiro atoms. The summed E-state index contributed by atoms with van der Waals surface area (Å²) in [5, 5.41) is 0. The van der Waals surface area contributed by atoms with Gasteiger partial charge in [0, 0.05) is 31.9 Å². The number of piperidine rings is 1. The number of hydrogen-bond acceptors (Lipinski definition) is 3. The second-order valence-electron chi connectivity index (χ2n) is 4.08. The van der Waals surface area contributed by atoms with E-state index in [9.17, 15) is 9.59 Å². The van der Waals surface area contributed by atoms with Crippen molar-refractivity contribution < 1.29 is 9.59 Å². The maximum Gasteiger partial charge on any atom is 0.230 e. The first-order valence-electron chi connectivity index (χ1n) is 5.36. The van der Waals surface area contributed by atoms with Crippen LogP contribution in [0.1, 0.15) is 24.0 Å². The highest BCUT2D eigenvalue weighted by atomic mass is 16.2. The SMILES string of the molecule is Cc1ccncc1CN1CCC(=O)CC1=O. The van der Waals surface area contributed by atoms with Crippen molar-refractivity contribution >= 4 is 11.7 Å². The summed E-state index contributed by atoms with van der Waals surface area (Å²) in [5.74, 6) is -0.0244. The molecule has 0 aromatic carbocycles. The van der Waals surface area contributed by atoms with Crippen LogP contribution < -0.4 is 0 Å². The molecule has 1 aliphatic heterocycles. The van der Waals surface area contributed by atoms with Gasteiger partial charge in [-0.2, -0.15) is 0 Å². The van der Waals surface area contributed by atoms with Crippen LogP contribution in [-0.4, -0.2) is 28.1 Å². The topological polar surface area (TPSA) is 50.3 Å². The van der Waals surface area contributed by atoms with Crippen molar-refractivity contribution in [3.8, 4) is 0 Å². The Kier molecular flexibility index (Phi) is 2.99.